The van der Waals surface area contributed by atoms with E-state index in [-0.39, 0.29) is 36.1 Å². The van der Waals surface area contributed by atoms with Crippen molar-refractivity contribution in [3.8, 4) is 11.5 Å². The van der Waals surface area contributed by atoms with Crippen molar-refractivity contribution in [2.24, 2.45) is 0 Å². The van der Waals surface area contributed by atoms with Crippen LogP contribution in [0.5, 0.6) is 11.5 Å². The second-order valence-electron chi connectivity index (χ2n) is 13.3. The first-order chi connectivity index (χ1) is 25.6. The minimum absolute atomic E-state index is 0.0282. The fourth-order valence-corrected chi connectivity index (χ4v) is 5.91. The Hall–Kier alpha value is -5.72. The molecule has 6 atom stereocenters. The van der Waals surface area contributed by atoms with Crippen LogP contribution in [0.25, 0.3) is 0 Å². The number of carbonyl (C=O) groups is 7. The number of aliphatic hydroxyl groups excluding tert-OH is 1. The number of aliphatic hydroxyl groups is 2. The van der Waals surface area contributed by atoms with Crippen molar-refractivity contribution in [3.63, 3.8) is 0 Å². The summed E-state index contributed by atoms with van der Waals surface area (Å²) < 4.78 is 0. The topological polar surface area (TPSA) is 275 Å². The lowest BCUT2D eigenvalue weighted by Gasteiger charge is -2.37. The SMILES string of the molecule is C=C(C)C1NC(=O)C(C(O)c2cc(O)c(O)c(Cl)c2)N(C)C(=O)C(=CC(=O)O)NC(=O)C(=C(C)CC)NC(=O)C2C=CCN2C(=O)C(C(C)(O)CC)NC1=O. The van der Waals surface area contributed by atoms with Crippen molar-refractivity contribution in [2.45, 2.75) is 83.3 Å². The van der Waals surface area contributed by atoms with E-state index in [4.69, 9.17) is 11.6 Å². The standard InChI is InChI=1S/C36H45ClN6O12/c1-8-17(5)25-32(51)38-20(15-23(45)46)34(53)42(7)26(27(47)18-13-19(37)28(48)22(44)14-18)33(52)39-24(16(3)4)31(50)41-29(36(6,55)9-2)35(54)43-12-10-11-21(43)30(49)40-25/h10-11,13-15,21,24,26-27,29,44,47-48,55H,3,8-9,12H2,1-2,4-7H3,(H,38,51)(H,39,52)(H,40,49)(H,41,50)(H,45,46). The summed E-state index contributed by atoms with van der Waals surface area (Å²) in [5.41, 5.74) is -3.38. The highest BCUT2D eigenvalue weighted by molar-refractivity contribution is 6.32. The van der Waals surface area contributed by atoms with Gasteiger partial charge in [-0.3, -0.25) is 28.8 Å². The average Bonchev–Trinajstić information content (AvgIpc) is 3.62. The second-order valence-corrected chi connectivity index (χ2v) is 13.7. The highest BCUT2D eigenvalue weighted by Crippen LogP contribution is 2.37. The fraction of sp³-hybridized carbons (Fsp3) is 0.417. The van der Waals surface area contributed by atoms with Gasteiger partial charge in [0.25, 0.3) is 17.7 Å². The zero-order valence-electron chi connectivity index (χ0n) is 31.0. The van der Waals surface area contributed by atoms with E-state index in [1.54, 1.807) is 6.92 Å². The van der Waals surface area contributed by atoms with E-state index in [0.717, 1.165) is 24.1 Å². The third-order valence-electron chi connectivity index (χ3n) is 9.31. The smallest absolute Gasteiger partial charge is 0.330 e. The van der Waals surface area contributed by atoms with Crippen LogP contribution in [-0.2, 0) is 33.6 Å². The lowest BCUT2D eigenvalue weighted by molar-refractivity contribution is -0.147. The quantitative estimate of drug-likeness (QED) is 0.100. The first-order valence-electron chi connectivity index (χ1n) is 17.0. The van der Waals surface area contributed by atoms with Crippen LogP contribution < -0.4 is 21.3 Å². The highest BCUT2D eigenvalue weighted by Gasteiger charge is 2.45. The number of carboxylic acid groups (broad SMARTS) is 1. The molecule has 0 aromatic heterocycles. The van der Waals surface area contributed by atoms with Crippen molar-refractivity contribution in [2.75, 3.05) is 13.6 Å². The Morgan fingerprint density at radius 1 is 1.05 bits per heavy atom. The molecule has 3 rings (SSSR count). The summed E-state index contributed by atoms with van der Waals surface area (Å²) in [7, 11) is 0.956. The monoisotopic (exact) mass is 788 g/mol. The number of halogens is 1. The zero-order chi connectivity index (χ0) is 41.7. The maximum atomic E-state index is 14.2. The van der Waals surface area contributed by atoms with Gasteiger partial charge in [0.1, 0.15) is 41.7 Å². The van der Waals surface area contributed by atoms with Crippen LogP contribution in [0.15, 0.2) is 59.5 Å². The van der Waals surface area contributed by atoms with Crippen molar-refractivity contribution < 1.29 is 59.1 Å². The molecule has 19 heteroatoms. The Labute approximate surface area is 321 Å². The molecule has 0 bridgehead atoms. The van der Waals surface area contributed by atoms with E-state index in [2.05, 4.69) is 27.8 Å². The number of nitrogens with one attached hydrogen (secondary N) is 4. The van der Waals surface area contributed by atoms with E-state index >= 15 is 0 Å². The maximum Gasteiger partial charge on any atom is 0.330 e. The predicted molar refractivity (Wildman–Crippen MR) is 196 cm³/mol. The summed E-state index contributed by atoms with van der Waals surface area (Å²) in [6.45, 7) is 10.9. The van der Waals surface area contributed by atoms with Crippen LogP contribution in [0.2, 0.25) is 5.02 Å². The van der Waals surface area contributed by atoms with Crippen molar-refractivity contribution in [1.82, 2.24) is 31.1 Å². The third kappa shape index (κ3) is 9.69. The highest BCUT2D eigenvalue weighted by atomic mass is 35.5. The number of hydrogen-bond acceptors (Lipinski definition) is 11. The molecule has 6 unspecified atom stereocenters. The molecule has 55 heavy (non-hydrogen) atoms. The molecule has 0 aliphatic carbocycles. The molecule has 1 fully saturated rings. The summed E-state index contributed by atoms with van der Waals surface area (Å²) in [4.78, 5) is 97.3. The van der Waals surface area contributed by atoms with Gasteiger partial charge in [-0.15, -0.1) is 0 Å². The third-order valence-corrected chi connectivity index (χ3v) is 9.60. The molecule has 0 spiro atoms. The molecule has 298 valence electrons. The van der Waals surface area contributed by atoms with E-state index in [1.807, 2.05) is 0 Å². The van der Waals surface area contributed by atoms with Gasteiger partial charge in [-0.2, -0.15) is 0 Å². The molecular weight excluding hydrogens is 744 g/mol. The van der Waals surface area contributed by atoms with Gasteiger partial charge in [0.2, 0.25) is 17.7 Å². The van der Waals surface area contributed by atoms with Gasteiger partial charge in [-0.05, 0) is 62.5 Å². The van der Waals surface area contributed by atoms with Crippen LogP contribution in [0.4, 0.5) is 0 Å². The lowest BCUT2D eigenvalue weighted by atomic mass is 9.91. The average molecular weight is 789 g/mol. The number of allylic oxidation sites excluding steroid dienone is 1. The number of likely N-dealkylation sites (N-methyl/N-ethyl adjacent to an activating group) is 1. The van der Waals surface area contributed by atoms with Gasteiger partial charge in [-0.1, -0.05) is 44.2 Å². The molecule has 2 heterocycles. The van der Waals surface area contributed by atoms with E-state index in [1.165, 1.54) is 39.8 Å². The fourth-order valence-electron chi connectivity index (χ4n) is 5.69. The summed E-state index contributed by atoms with van der Waals surface area (Å²) in [6, 6.07) is -5.11. The molecule has 2 aliphatic rings. The summed E-state index contributed by atoms with van der Waals surface area (Å²) >= 11 is 6.01. The van der Waals surface area contributed by atoms with Gasteiger partial charge in [0.15, 0.2) is 11.5 Å². The minimum Gasteiger partial charge on any atom is -0.504 e. The molecule has 1 saturated heterocycles. The van der Waals surface area contributed by atoms with Crippen LogP contribution >= 0.6 is 11.6 Å². The summed E-state index contributed by atoms with van der Waals surface area (Å²) in [5, 5.41) is 61.8. The van der Waals surface area contributed by atoms with Gasteiger partial charge >= 0.3 is 5.97 Å². The van der Waals surface area contributed by atoms with Crippen molar-refractivity contribution in [1.29, 1.82) is 0 Å². The van der Waals surface area contributed by atoms with Gasteiger partial charge in [-0.25, -0.2) is 4.79 Å². The molecule has 6 amide bonds. The Morgan fingerprint density at radius 3 is 2.24 bits per heavy atom. The van der Waals surface area contributed by atoms with Crippen LogP contribution in [0.3, 0.4) is 0 Å². The van der Waals surface area contributed by atoms with E-state index in [9.17, 15) is 59.1 Å². The van der Waals surface area contributed by atoms with Crippen molar-refractivity contribution >= 4 is 53.0 Å². The molecular formula is C36H45ClN6O12. The number of aliphatic carboxylic acids is 1. The van der Waals surface area contributed by atoms with E-state index in [0.29, 0.717) is 11.0 Å². The lowest BCUT2D eigenvalue weighted by Crippen LogP contribution is -2.64. The maximum absolute atomic E-state index is 14.2. The predicted octanol–water partition coefficient (Wildman–Crippen LogP) is -0.0162. The number of benzene rings is 1. The van der Waals surface area contributed by atoms with Crippen LogP contribution in [-0.4, -0.2) is 120 Å². The number of nitrogens with zero attached hydrogens (tertiary/aromatic N) is 2. The van der Waals surface area contributed by atoms with Crippen LogP contribution in [0, 0.1) is 0 Å². The second kappa shape index (κ2) is 17.6. The number of phenols is 2. The Kier molecular flexibility index (Phi) is 14.0. The molecule has 0 saturated carbocycles. The van der Waals surface area contributed by atoms with Gasteiger partial charge in [0.05, 0.1) is 16.7 Å². The Balaban J connectivity index is 2.32. The normalized spacial score (nSPS) is 25.1. The number of fused-ring (bicyclic) bond motifs is 1. The first kappa shape index (κ1) is 43.7. The largest absolute Gasteiger partial charge is 0.504 e. The number of rotatable bonds is 7. The van der Waals surface area contributed by atoms with Gasteiger partial charge < -0.3 is 56.6 Å². The summed E-state index contributed by atoms with van der Waals surface area (Å²) in [6.07, 6.45) is 1.11. The number of aromatic hydroxyl groups is 2. The Morgan fingerprint density at radius 2 is 1.69 bits per heavy atom. The summed E-state index contributed by atoms with van der Waals surface area (Å²) in [5.74, 6) is -10.0. The first-order valence-corrected chi connectivity index (χ1v) is 17.3. The number of carbonyl (C=O) groups excluding carboxylic acids is 6. The number of amides is 6. The molecule has 18 nitrogen and oxygen atoms in total. The molecule has 2 aliphatic heterocycles. The number of carboxylic acids is 1. The molecule has 1 aromatic carbocycles. The van der Waals surface area contributed by atoms with E-state index < -0.39 is 105 Å². The molecule has 0 radical (unpaired) electrons. The molecule has 9 N–H and O–H groups in total. The van der Waals surface area contributed by atoms with Gasteiger partial charge in [0, 0.05) is 13.6 Å². The number of phenolic OH excluding ortho intramolecular Hbond substituents is 2. The Bertz CT molecular complexity index is 1870. The van der Waals surface area contributed by atoms with Crippen LogP contribution in [0.1, 0.15) is 59.1 Å². The minimum atomic E-state index is -2.13. The number of hydrogen-bond donors (Lipinski definition) is 9. The zero-order valence-corrected chi connectivity index (χ0v) is 31.7. The molecule has 1 aromatic rings. The van der Waals surface area contributed by atoms with Crippen molar-refractivity contribution in [3.05, 3.63) is 70.1 Å².